The van der Waals surface area contributed by atoms with Crippen molar-refractivity contribution < 1.29 is 14.3 Å². The van der Waals surface area contributed by atoms with E-state index in [1.807, 2.05) is 39.0 Å². The summed E-state index contributed by atoms with van der Waals surface area (Å²) in [5, 5.41) is 8.62. The molecular formula is C21H24BrN3O3S. The molecular weight excluding hydrogens is 454 g/mol. The second-order valence-corrected chi connectivity index (χ2v) is 7.97. The van der Waals surface area contributed by atoms with Crippen molar-refractivity contribution in [3.8, 4) is 5.75 Å². The number of amides is 2. The third-order valence-corrected chi connectivity index (χ3v) is 4.56. The molecule has 2 rings (SSSR count). The van der Waals surface area contributed by atoms with Gasteiger partial charge in [0.15, 0.2) is 5.11 Å². The lowest BCUT2D eigenvalue weighted by Crippen LogP contribution is -2.34. The Morgan fingerprint density at radius 2 is 1.86 bits per heavy atom. The molecule has 0 bridgehead atoms. The number of carbonyl (C=O) groups excluding carboxylic acids is 2. The minimum atomic E-state index is -0.383. The largest absolute Gasteiger partial charge is 0.490 e. The first-order valence-electron chi connectivity index (χ1n) is 9.18. The normalized spacial score (nSPS) is 10.4. The van der Waals surface area contributed by atoms with Crippen molar-refractivity contribution in [2.75, 3.05) is 10.6 Å². The van der Waals surface area contributed by atoms with Gasteiger partial charge in [0.2, 0.25) is 5.91 Å². The van der Waals surface area contributed by atoms with Crippen molar-refractivity contribution in [3.63, 3.8) is 0 Å². The summed E-state index contributed by atoms with van der Waals surface area (Å²) >= 11 is 8.65. The number of nitrogens with one attached hydrogen (secondary N) is 3. The Hall–Kier alpha value is -2.45. The molecule has 6 nitrogen and oxygen atoms in total. The molecule has 0 heterocycles. The van der Waals surface area contributed by atoms with E-state index >= 15 is 0 Å². The number of hydrogen-bond acceptors (Lipinski definition) is 4. The van der Waals surface area contributed by atoms with E-state index in [2.05, 4.69) is 31.9 Å². The number of rotatable bonds is 6. The van der Waals surface area contributed by atoms with Gasteiger partial charge in [-0.2, -0.15) is 0 Å². The van der Waals surface area contributed by atoms with E-state index in [0.29, 0.717) is 29.1 Å². The summed E-state index contributed by atoms with van der Waals surface area (Å²) in [7, 11) is 0. The average Bonchev–Trinajstić information content (AvgIpc) is 2.65. The lowest BCUT2D eigenvalue weighted by molar-refractivity contribution is -0.115. The minimum absolute atomic E-state index is 0.0721. The first-order valence-corrected chi connectivity index (χ1v) is 10.4. The number of thiocarbonyl (C=S) groups is 1. The third-order valence-electron chi connectivity index (χ3n) is 3.87. The molecule has 0 aliphatic rings. The Bertz CT molecular complexity index is 931. The van der Waals surface area contributed by atoms with Crippen molar-refractivity contribution in [2.45, 2.75) is 40.2 Å². The molecule has 2 aromatic rings. The van der Waals surface area contributed by atoms with Gasteiger partial charge in [0.1, 0.15) is 5.75 Å². The van der Waals surface area contributed by atoms with E-state index < -0.39 is 0 Å². The highest BCUT2D eigenvalue weighted by molar-refractivity contribution is 9.10. The van der Waals surface area contributed by atoms with Crippen molar-refractivity contribution in [1.82, 2.24) is 5.32 Å². The maximum absolute atomic E-state index is 12.7. The van der Waals surface area contributed by atoms with Crippen LogP contribution in [0.15, 0.2) is 40.9 Å². The van der Waals surface area contributed by atoms with Crippen molar-refractivity contribution >= 4 is 56.4 Å². The lowest BCUT2D eigenvalue weighted by Gasteiger charge is -2.16. The van der Waals surface area contributed by atoms with E-state index in [0.717, 1.165) is 10.0 Å². The van der Waals surface area contributed by atoms with E-state index in [1.165, 1.54) is 0 Å². The van der Waals surface area contributed by atoms with Gasteiger partial charge in [-0.25, -0.2) is 0 Å². The smallest absolute Gasteiger partial charge is 0.261 e. The summed E-state index contributed by atoms with van der Waals surface area (Å²) in [6.45, 7) is 7.47. The van der Waals surface area contributed by atoms with Crippen LogP contribution >= 0.6 is 28.1 Å². The number of benzene rings is 2. The van der Waals surface area contributed by atoms with Crippen LogP contribution in [0.4, 0.5) is 11.4 Å². The van der Waals surface area contributed by atoms with Gasteiger partial charge >= 0.3 is 0 Å². The monoisotopic (exact) mass is 477 g/mol. The Morgan fingerprint density at radius 1 is 1.14 bits per heavy atom. The van der Waals surface area contributed by atoms with Gasteiger partial charge in [0.05, 0.1) is 11.7 Å². The fraction of sp³-hybridized carbons (Fsp3) is 0.286. The Labute approximate surface area is 184 Å². The zero-order chi connectivity index (χ0) is 21.6. The van der Waals surface area contributed by atoms with Crippen LogP contribution in [0, 0.1) is 6.92 Å². The van der Waals surface area contributed by atoms with Crippen LogP contribution in [-0.2, 0) is 4.79 Å². The Morgan fingerprint density at radius 3 is 2.52 bits per heavy atom. The molecule has 0 fully saturated rings. The van der Waals surface area contributed by atoms with Crippen LogP contribution in [0.2, 0.25) is 0 Å². The molecule has 0 saturated carbocycles. The number of ether oxygens (including phenoxy) is 1. The fourth-order valence-electron chi connectivity index (χ4n) is 2.44. The van der Waals surface area contributed by atoms with Gasteiger partial charge in [-0.05, 0) is 68.9 Å². The predicted octanol–water partition coefficient (Wildman–Crippen LogP) is 5.02. The van der Waals surface area contributed by atoms with Crippen LogP contribution in [0.3, 0.4) is 0 Å². The summed E-state index contributed by atoms with van der Waals surface area (Å²) in [6, 6.07) is 10.7. The van der Waals surface area contributed by atoms with Gasteiger partial charge in [0.25, 0.3) is 5.91 Å². The molecule has 0 atom stereocenters. The van der Waals surface area contributed by atoms with Crippen molar-refractivity contribution in [1.29, 1.82) is 0 Å². The predicted molar refractivity (Wildman–Crippen MR) is 124 cm³/mol. The standard InChI is InChI=1S/C21H24BrN3O3S/c1-5-19(26)24-17-11-15(8-6-13(17)4)23-21(29)25-20(27)16-10-14(22)7-9-18(16)28-12(2)3/h6-12H,5H2,1-4H3,(H,24,26)(H2,23,25,27,29). The van der Waals surface area contributed by atoms with Gasteiger partial charge in [-0.15, -0.1) is 0 Å². The minimum Gasteiger partial charge on any atom is -0.490 e. The van der Waals surface area contributed by atoms with E-state index in [9.17, 15) is 9.59 Å². The van der Waals surface area contributed by atoms with Crippen LogP contribution < -0.4 is 20.7 Å². The van der Waals surface area contributed by atoms with Gasteiger partial charge < -0.3 is 15.4 Å². The molecule has 29 heavy (non-hydrogen) atoms. The molecule has 2 aromatic carbocycles. The molecule has 0 aliphatic heterocycles. The maximum Gasteiger partial charge on any atom is 0.261 e. The number of aryl methyl sites for hydroxylation is 1. The summed E-state index contributed by atoms with van der Waals surface area (Å²) in [6.07, 6.45) is 0.316. The lowest BCUT2D eigenvalue weighted by atomic mass is 10.1. The van der Waals surface area contributed by atoms with Gasteiger partial charge in [0, 0.05) is 22.3 Å². The highest BCUT2D eigenvalue weighted by Crippen LogP contribution is 2.24. The zero-order valence-corrected chi connectivity index (χ0v) is 19.2. The molecule has 0 aliphatic carbocycles. The second kappa shape index (κ2) is 10.4. The Kier molecular flexibility index (Phi) is 8.16. The molecule has 0 spiro atoms. The number of carbonyl (C=O) groups is 2. The highest BCUT2D eigenvalue weighted by Gasteiger charge is 2.16. The summed E-state index contributed by atoms with van der Waals surface area (Å²) in [4.78, 5) is 24.4. The maximum atomic E-state index is 12.7. The summed E-state index contributed by atoms with van der Waals surface area (Å²) in [5.74, 6) is 0.0166. The van der Waals surface area contributed by atoms with Gasteiger partial charge in [-0.1, -0.05) is 28.9 Å². The first kappa shape index (κ1) is 22.8. The second-order valence-electron chi connectivity index (χ2n) is 6.65. The highest BCUT2D eigenvalue weighted by atomic mass is 79.9. The summed E-state index contributed by atoms with van der Waals surface area (Å²) in [5.41, 5.74) is 2.64. The molecule has 2 amide bonds. The topological polar surface area (TPSA) is 79.5 Å². The van der Waals surface area contributed by atoms with Crippen molar-refractivity contribution in [2.24, 2.45) is 0 Å². The quantitative estimate of drug-likeness (QED) is 0.509. The number of hydrogen-bond donors (Lipinski definition) is 3. The first-order chi connectivity index (χ1) is 13.7. The van der Waals surface area contributed by atoms with E-state index in [-0.39, 0.29) is 23.0 Å². The molecule has 8 heteroatoms. The third kappa shape index (κ3) is 6.83. The molecule has 0 aromatic heterocycles. The van der Waals surface area contributed by atoms with Crippen LogP contribution in [0.25, 0.3) is 0 Å². The molecule has 3 N–H and O–H groups in total. The molecule has 0 radical (unpaired) electrons. The van der Waals surface area contributed by atoms with Gasteiger partial charge in [-0.3, -0.25) is 14.9 Å². The van der Waals surface area contributed by atoms with E-state index in [1.54, 1.807) is 25.1 Å². The number of halogens is 1. The average molecular weight is 478 g/mol. The molecule has 0 unspecified atom stereocenters. The summed E-state index contributed by atoms with van der Waals surface area (Å²) < 4.78 is 6.47. The Balaban J connectivity index is 2.12. The zero-order valence-electron chi connectivity index (χ0n) is 16.8. The molecule has 0 saturated heterocycles. The number of anilines is 2. The molecule has 154 valence electrons. The SMILES string of the molecule is CCC(=O)Nc1cc(NC(=S)NC(=O)c2cc(Br)ccc2OC(C)C)ccc1C. The fourth-order valence-corrected chi connectivity index (χ4v) is 3.01. The van der Waals surface area contributed by atoms with E-state index in [4.69, 9.17) is 17.0 Å². The van der Waals surface area contributed by atoms with Crippen LogP contribution in [-0.4, -0.2) is 23.0 Å². The van der Waals surface area contributed by atoms with Crippen molar-refractivity contribution in [3.05, 3.63) is 52.0 Å². The van der Waals surface area contributed by atoms with Crippen LogP contribution in [0.1, 0.15) is 43.1 Å². The van der Waals surface area contributed by atoms with Crippen LogP contribution in [0.5, 0.6) is 5.75 Å².